The molecule has 1 rings (SSSR count). The highest BCUT2D eigenvalue weighted by atomic mass is 32.2. The van der Waals surface area contributed by atoms with Gasteiger partial charge >= 0.3 is 5.97 Å². The highest BCUT2D eigenvalue weighted by Gasteiger charge is 2.32. The normalized spacial score (nSPS) is 14.9. The molecule has 21 heavy (non-hydrogen) atoms. The Morgan fingerprint density at radius 3 is 2.38 bits per heavy atom. The van der Waals surface area contributed by atoms with Crippen molar-refractivity contribution in [2.75, 3.05) is 12.9 Å². The average molecular weight is 337 g/mol. The molecular formula is C12H19NO6S2. The highest BCUT2D eigenvalue weighted by Crippen LogP contribution is 2.27. The molecule has 9 heteroatoms. The number of aryl methyl sites for hydroxylation is 2. The summed E-state index contributed by atoms with van der Waals surface area (Å²) in [5, 5.41) is 18.0. The summed E-state index contributed by atoms with van der Waals surface area (Å²) in [7, 11) is -4.06. The summed E-state index contributed by atoms with van der Waals surface area (Å²) < 4.78 is 32.4. The molecule has 7 nitrogen and oxygen atoms in total. The Bertz CT molecular complexity index is 618. The van der Waals surface area contributed by atoms with Gasteiger partial charge in [0.15, 0.2) is 0 Å². The van der Waals surface area contributed by atoms with Crippen molar-refractivity contribution in [1.82, 2.24) is 4.72 Å². The van der Waals surface area contributed by atoms with Crippen molar-refractivity contribution in [2.45, 2.75) is 37.0 Å². The zero-order valence-corrected chi connectivity index (χ0v) is 13.8. The molecule has 1 aromatic heterocycles. The van der Waals surface area contributed by atoms with Crippen LogP contribution >= 0.6 is 11.8 Å². The fraction of sp³-hybridized carbons (Fsp3) is 0.583. The average Bonchev–Trinajstić information content (AvgIpc) is 2.65. The van der Waals surface area contributed by atoms with Crippen LogP contribution in [0.3, 0.4) is 0 Å². The van der Waals surface area contributed by atoms with Crippen LogP contribution < -0.4 is 4.72 Å². The SMILES string of the molecule is CSC(CO)C(C)NS(=O)(=O)c1c(C)oc(C)c1C(=O)O. The Kier molecular flexibility index (Phi) is 5.85. The molecule has 0 aliphatic rings. The predicted molar refractivity (Wildman–Crippen MR) is 79.3 cm³/mol. The van der Waals surface area contributed by atoms with Gasteiger partial charge < -0.3 is 14.6 Å². The lowest BCUT2D eigenvalue weighted by atomic mass is 10.2. The van der Waals surface area contributed by atoms with Crippen molar-refractivity contribution < 1.29 is 27.8 Å². The first-order chi connectivity index (χ1) is 9.65. The maximum absolute atomic E-state index is 12.4. The molecule has 0 amide bonds. The second kappa shape index (κ2) is 6.82. The molecular weight excluding hydrogens is 318 g/mol. The van der Waals surface area contributed by atoms with Gasteiger partial charge in [-0.2, -0.15) is 11.8 Å². The van der Waals surface area contributed by atoms with Crippen LogP contribution in [0.5, 0.6) is 0 Å². The lowest BCUT2D eigenvalue weighted by Gasteiger charge is -2.21. The molecule has 0 aliphatic carbocycles. The molecule has 3 N–H and O–H groups in total. The van der Waals surface area contributed by atoms with E-state index >= 15 is 0 Å². The molecule has 2 atom stereocenters. The minimum Gasteiger partial charge on any atom is -0.478 e. The van der Waals surface area contributed by atoms with Gasteiger partial charge in [0, 0.05) is 11.3 Å². The van der Waals surface area contributed by atoms with E-state index in [0.29, 0.717) is 0 Å². The molecule has 0 radical (unpaired) electrons. The van der Waals surface area contributed by atoms with Crippen molar-refractivity contribution in [3.8, 4) is 0 Å². The fourth-order valence-electron chi connectivity index (χ4n) is 2.05. The van der Waals surface area contributed by atoms with Gasteiger partial charge in [0.05, 0.1) is 6.61 Å². The summed E-state index contributed by atoms with van der Waals surface area (Å²) in [4.78, 5) is 10.9. The van der Waals surface area contributed by atoms with E-state index in [-0.39, 0.29) is 33.8 Å². The molecule has 0 spiro atoms. The van der Waals surface area contributed by atoms with Crippen molar-refractivity contribution in [2.24, 2.45) is 0 Å². The third-order valence-corrected chi connectivity index (χ3v) is 5.94. The van der Waals surface area contributed by atoms with Crippen molar-refractivity contribution >= 4 is 27.8 Å². The van der Waals surface area contributed by atoms with Crippen LogP contribution in [-0.2, 0) is 10.0 Å². The largest absolute Gasteiger partial charge is 0.478 e. The summed E-state index contributed by atoms with van der Waals surface area (Å²) in [5.41, 5.74) is -0.364. The topological polar surface area (TPSA) is 117 Å². The van der Waals surface area contributed by atoms with E-state index in [4.69, 9.17) is 9.52 Å². The first-order valence-corrected chi connectivity index (χ1v) is 8.92. The number of aliphatic hydroxyl groups is 1. The van der Waals surface area contributed by atoms with E-state index in [2.05, 4.69) is 4.72 Å². The maximum Gasteiger partial charge on any atom is 0.340 e. The van der Waals surface area contributed by atoms with Crippen LogP contribution in [0.2, 0.25) is 0 Å². The van der Waals surface area contributed by atoms with Crippen LogP contribution in [0, 0.1) is 13.8 Å². The van der Waals surface area contributed by atoms with E-state index in [0.717, 1.165) is 0 Å². The second-order valence-electron chi connectivity index (χ2n) is 4.59. The Balaban J connectivity index is 3.24. The summed E-state index contributed by atoms with van der Waals surface area (Å²) in [6.45, 7) is 4.21. The molecule has 0 bridgehead atoms. The number of hydrogen-bond donors (Lipinski definition) is 3. The fourth-order valence-corrected chi connectivity index (χ4v) is 4.45. The number of carbonyl (C=O) groups is 1. The standard InChI is InChI=1S/C12H19NO6S2/c1-6(9(5-14)20-4)13-21(17,18)11-8(3)19-7(2)10(11)12(15)16/h6,9,13-14H,5H2,1-4H3,(H,15,16). The third kappa shape index (κ3) is 3.79. The number of aliphatic hydroxyl groups excluding tert-OH is 1. The number of furan rings is 1. The molecule has 1 aromatic rings. The summed E-state index contributed by atoms with van der Waals surface area (Å²) in [5.74, 6) is -1.30. The van der Waals surface area contributed by atoms with Gasteiger partial charge in [0.2, 0.25) is 10.0 Å². The van der Waals surface area contributed by atoms with Crippen LogP contribution in [0.1, 0.15) is 28.8 Å². The van der Waals surface area contributed by atoms with Crippen LogP contribution in [-0.4, -0.2) is 48.8 Å². The number of aromatic carboxylic acids is 1. The van der Waals surface area contributed by atoms with Gasteiger partial charge in [0.25, 0.3) is 0 Å². The predicted octanol–water partition coefficient (Wildman–Crippen LogP) is 0.985. The quantitative estimate of drug-likeness (QED) is 0.679. The van der Waals surface area contributed by atoms with Crippen LogP contribution in [0.15, 0.2) is 9.31 Å². The summed E-state index contributed by atoms with van der Waals surface area (Å²) >= 11 is 1.32. The van der Waals surface area contributed by atoms with E-state index in [1.54, 1.807) is 13.2 Å². The number of carboxylic acid groups (broad SMARTS) is 1. The Morgan fingerprint density at radius 1 is 1.38 bits per heavy atom. The lowest BCUT2D eigenvalue weighted by molar-refractivity contribution is 0.0691. The Hall–Kier alpha value is -1.03. The molecule has 2 unspecified atom stereocenters. The first-order valence-electron chi connectivity index (χ1n) is 6.15. The number of carboxylic acids is 1. The van der Waals surface area contributed by atoms with Gasteiger partial charge in [-0.25, -0.2) is 17.9 Å². The van der Waals surface area contributed by atoms with E-state index in [1.165, 1.54) is 25.6 Å². The van der Waals surface area contributed by atoms with E-state index < -0.39 is 22.0 Å². The number of nitrogens with one attached hydrogen (secondary N) is 1. The second-order valence-corrected chi connectivity index (χ2v) is 7.32. The van der Waals surface area contributed by atoms with Crippen LogP contribution in [0.4, 0.5) is 0 Å². The molecule has 0 aromatic carbocycles. The van der Waals surface area contributed by atoms with Crippen LogP contribution in [0.25, 0.3) is 0 Å². The zero-order chi connectivity index (χ0) is 16.4. The summed E-state index contributed by atoms with van der Waals surface area (Å²) in [6.07, 6.45) is 1.75. The Labute approximate surface area is 127 Å². The minimum atomic E-state index is -4.06. The summed E-state index contributed by atoms with van der Waals surface area (Å²) in [6, 6.07) is -0.564. The molecule has 0 saturated heterocycles. The molecule has 0 aliphatic heterocycles. The lowest BCUT2D eigenvalue weighted by Crippen LogP contribution is -2.41. The molecule has 0 saturated carbocycles. The third-order valence-electron chi connectivity index (χ3n) is 3.07. The van der Waals surface area contributed by atoms with E-state index in [1.807, 2.05) is 0 Å². The van der Waals surface area contributed by atoms with Crippen molar-refractivity contribution in [3.63, 3.8) is 0 Å². The molecule has 0 fully saturated rings. The molecule has 1 heterocycles. The Morgan fingerprint density at radius 2 is 1.95 bits per heavy atom. The highest BCUT2D eigenvalue weighted by molar-refractivity contribution is 7.99. The zero-order valence-electron chi connectivity index (χ0n) is 12.2. The van der Waals surface area contributed by atoms with Gasteiger partial charge in [0.1, 0.15) is 22.0 Å². The number of sulfonamides is 1. The smallest absolute Gasteiger partial charge is 0.340 e. The van der Waals surface area contributed by atoms with Crippen molar-refractivity contribution in [1.29, 1.82) is 0 Å². The van der Waals surface area contributed by atoms with E-state index in [9.17, 15) is 18.3 Å². The van der Waals surface area contributed by atoms with Gasteiger partial charge in [-0.05, 0) is 27.0 Å². The van der Waals surface area contributed by atoms with Gasteiger partial charge in [-0.15, -0.1) is 0 Å². The monoisotopic (exact) mass is 337 g/mol. The number of hydrogen-bond acceptors (Lipinski definition) is 6. The first kappa shape index (κ1) is 18.0. The number of rotatable bonds is 7. The minimum absolute atomic E-state index is 0.0225. The maximum atomic E-state index is 12.4. The van der Waals surface area contributed by atoms with Crippen molar-refractivity contribution in [3.05, 3.63) is 17.1 Å². The molecule has 120 valence electrons. The van der Waals surface area contributed by atoms with Gasteiger partial charge in [-0.3, -0.25) is 0 Å². The number of thioether (sulfide) groups is 1. The van der Waals surface area contributed by atoms with Gasteiger partial charge in [-0.1, -0.05) is 0 Å².